The molecule has 68 valence electrons. The standard InChI is InChI=1S/C10H18N2/c1-2-8-3-4-10(7-8)12-11-9-5-6-9/h8-9,11H,2-7H2,1H3/b12-10-. The Morgan fingerprint density at radius 3 is 2.83 bits per heavy atom. The molecule has 0 aromatic heterocycles. The van der Waals surface area contributed by atoms with Crippen LogP contribution >= 0.6 is 0 Å². The fourth-order valence-corrected chi connectivity index (χ4v) is 1.75. The van der Waals surface area contributed by atoms with Crippen LogP contribution in [0.25, 0.3) is 0 Å². The van der Waals surface area contributed by atoms with Crippen molar-refractivity contribution in [3.63, 3.8) is 0 Å². The van der Waals surface area contributed by atoms with Crippen molar-refractivity contribution >= 4 is 5.71 Å². The first kappa shape index (κ1) is 8.09. The second kappa shape index (κ2) is 3.46. The Balaban J connectivity index is 1.76. The summed E-state index contributed by atoms with van der Waals surface area (Å²) in [5.74, 6) is 0.921. The SMILES string of the molecule is CCC1CC/C(=N/NC2CC2)C1. The van der Waals surface area contributed by atoms with E-state index >= 15 is 0 Å². The maximum absolute atomic E-state index is 4.45. The summed E-state index contributed by atoms with van der Waals surface area (Å²) in [5.41, 5.74) is 4.64. The van der Waals surface area contributed by atoms with E-state index in [2.05, 4.69) is 17.5 Å². The van der Waals surface area contributed by atoms with Crippen LogP contribution < -0.4 is 5.43 Å². The molecule has 1 N–H and O–H groups in total. The highest BCUT2D eigenvalue weighted by molar-refractivity contribution is 5.86. The highest BCUT2D eigenvalue weighted by Gasteiger charge is 2.22. The average molecular weight is 166 g/mol. The molecule has 1 atom stereocenters. The van der Waals surface area contributed by atoms with Gasteiger partial charge in [0.1, 0.15) is 0 Å². The summed E-state index contributed by atoms with van der Waals surface area (Å²) in [6, 6.07) is 0.721. The minimum absolute atomic E-state index is 0.721. The molecule has 0 aliphatic heterocycles. The van der Waals surface area contributed by atoms with Gasteiger partial charge in [0.25, 0.3) is 0 Å². The maximum Gasteiger partial charge on any atom is 0.0441 e. The smallest absolute Gasteiger partial charge is 0.0441 e. The predicted molar refractivity (Wildman–Crippen MR) is 51.2 cm³/mol. The normalized spacial score (nSPS) is 32.8. The van der Waals surface area contributed by atoms with Crippen molar-refractivity contribution in [3.8, 4) is 0 Å². The Labute approximate surface area is 74.4 Å². The lowest BCUT2D eigenvalue weighted by atomic mass is 10.1. The van der Waals surface area contributed by atoms with Gasteiger partial charge >= 0.3 is 0 Å². The number of hydrogen-bond acceptors (Lipinski definition) is 2. The Morgan fingerprint density at radius 1 is 1.42 bits per heavy atom. The zero-order valence-electron chi connectivity index (χ0n) is 7.84. The third kappa shape index (κ3) is 1.99. The lowest BCUT2D eigenvalue weighted by Crippen LogP contribution is -2.10. The molecule has 12 heavy (non-hydrogen) atoms. The first-order chi connectivity index (χ1) is 5.88. The summed E-state index contributed by atoms with van der Waals surface area (Å²) in [6.07, 6.45) is 7.82. The topological polar surface area (TPSA) is 24.4 Å². The molecule has 0 amide bonds. The summed E-state index contributed by atoms with van der Waals surface area (Å²) < 4.78 is 0. The van der Waals surface area contributed by atoms with E-state index in [1.165, 1.54) is 44.2 Å². The van der Waals surface area contributed by atoms with Crippen LogP contribution in [0.2, 0.25) is 0 Å². The molecule has 1 unspecified atom stereocenters. The Hall–Kier alpha value is -0.530. The van der Waals surface area contributed by atoms with Gasteiger partial charge < -0.3 is 5.43 Å². The summed E-state index contributed by atoms with van der Waals surface area (Å²) in [7, 11) is 0. The molecular formula is C10H18N2. The second-order valence-electron chi connectivity index (χ2n) is 4.10. The molecule has 2 fully saturated rings. The number of nitrogens with one attached hydrogen (secondary N) is 1. The molecule has 2 saturated carbocycles. The van der Waals surface area contributed by atoms with Crippen LogP contribution in [0, 0.1) is 5.92 Å². The molecule has 2 heteroatoms. The lowest BCUT2D eigenvalue weighted by Gasteiger charge is -2.01. The van der Waals surface area contributed by atoms with E-state index in [1.54, 1.807) is 0 Å². The lowest BCUT2D eigenvalue weighted by molar-refractivity contribution is 0.540. The van der Waals surface area contributed by atoms with Crippen LogP contribution in [-0.4, -0.2) is 11.8 Å². The molecule has 0 saturated heterocycles. The fraction of sp³-hybridized carbons (Fsp3) is 0.900. The van der Waals surface area contributed by atoms with Crippen molar-refractivity contribution in [2.45, 2.75) is 51.5 Å². The zero-order chi connectivity index (χ0) is 8.39. The largest absolute Gasteiger partial charge is 0.307 e. The number of hydrogen-bond donors (Lipinski definition) is 1. The van der Waals surface area contributed by atoms with E-state index in [0.29, 0.717) is 0 Å². The molecule has 2 nitrogen and oxygen atoms in total. The molecular weight excluding hydrogens is 148 g/mol. The van der Waals surface area contributed by atoms with Gasteiger partial charge in [0.2, 0.25) is 0 Å². The van der Waals surface area contributed by atoms with Crippen molar-refractivity contribution in [2.75, 3.05) is 0 Å². The average Bonchev–Trinajstić information content (AvgIpc) is 2.81. The highest BCUT2D eigenvalue weighted by atomic mass is 15.3. The van der Waals surface area contributed by atoms with E-state index < -0.39 is 0 Å². The maximum atomic E-state index is 4.45. The van der Waals surface area contributed by atoms with Gasteiger partial charge in [0.15, 0.2) is 0 Å². The Bertz CT molecular complexity index is 182. The number of rotatable bonds is 3. The van der Waals surface area contributed by atoms with E-state index in [-0.39, 0.29) is 0 Å². The second-order valence-corrected chi connectivity index (χ2v) is 4.10. The minimum Gasteiger partial charge on any atom is -0.307 e. The van der Waals surface area contributed by atoms with Gasteiger partial charge in [-0.15, -0.1) is 0 Å². The molecule has 0 spiro atoms. The number of hydrazone groups is 1. The quantitative estimate of drug-likeness (QED) is 0.639. The third-order valence-electron chi connectivity index (χ3n) is 2.93. The summed E-state index contributed by atoms with van der Waals surface area (Å²) in [5, 5.41) is 4.45. The van der Waals surface area contributed by atoms with Gasteiger partial charge in [-0.25, -0.2) is 0 Å². The molecule has 2 rings (SSSR count). The van der Waals surface area contributed by atoms with Crippen molar-refractivity contribution < 1.29 is 0 Å². The first-order valence-corrected chi connectivity index (χ1v) is 5.19. The summed E-state index contributed by atoms with van der Waals surface area (Å²) >= 11 is 0. The Kier molecular flexibility index (Phi) is 2.33. The molecule has 0 heterocycles. The van der Waals surface area contributed by atoms with Crippen molar-refractivity contribution in [1.29, 1.82) is 0 Å². The highest BCUT2D eigenvalue weighted by Crippen LogP contribution is 2.26. The molecule has 0 aromatic rings. The van der Waals surface area contributed by atoms with Crippen LogP contribution in [0.4, 0.5) is 0 Å². The van der Waals surface area contributed by atoms with Crippen molar-refractivity contribution in [2.24, 2.45) is 11.0 Å². The van der Waals surface area contributed by atoms with E-state index in [9.17, 15) is 0 Å². The van der Waals surface area contributed by atoms with Gasteiger partial charge in [-0.3, -0.25) is 0 Å². The van der Waals surface area contributed by atoms with Crippen LogP contribution in [0.3, 0.4) is 0 Å². The van der Waals surface area contributed by atoms with Crippen molar-refractivity contribution in [1.82, 2.24) is 5.43 Å². The monoisotopic (exact) mass is 166 g/mol. The van der Waals surface area contributed by atoms with Crippen LogP contribution in [0.1, 0.15) is 45.4 Å². The fourth-order valence-electron chi connectivity index (χ4n) is 1.75. The molecule has 2 aliphatic rings. The summed E-state index contributed by atoms with van der Waals surface area (Å²) in [4.78, 5) is 0. The first-order valence-electron chi connectivity index (χ1n) is 5.19. The Morgan fingerprint density at radius 2 is 2.25 bits per heavy atom. The molecule has 2 aliphatic carbocycles. The van der Waals surface area contributed by atoms with Gasteiger partial charge in [-0.05, 0) is 38.0 Å². The van der Waals surface area contributed by atoms with E-state index in [0.717, 1.165) is 12.0 Å². The predicted octanol–water partition coefficient (Wildman–Crippen LogP) is 2.30. The van der Waals surface area contributed by atoms with Gasteiger partial charge in [-0.1, -0.05) is 13.3 Å². The van der Waals surface area contributed by atoms with Crippen LogP contribution in [0.15, 0.2) is 5.10 Å². The molecule has 0 bridgehead atoms. The molecule has 0 aromatic carbocycles. The van der Waals surface area contributed by atoms with Crippen LogP contribution in [0.5, 0.6) is 0 Å². The van der Waals surface area contributed by atoms with Crippen molar-refractivity contribution in [3.05, 3.63) is 0 Å². The van der Waals surface area contributed by atoms with Gasteiger partial charge in [-0.2, -0.15) is 5.10 Å². The van der Waals surface area contributed by atoms with Gasteiger partial charge in [0, 0.05) is 11.8 Å². The van der Waals surface area contributed by atoms with Gasteiger partial charge in [0.05, 0.1) is 0 Å². The van der Waals surface area contributed by atoms with E-state index in [4.69, 9.17) is 0 Å². The molecule has 0 radical (unpaired) electrons. The minimum atomic E-state index is 0.721. The number of nitrogens with zero attached hydrogens (tertiary/aromatic N) is 1. The zero-order valence-corrected chi connectivity index (χ0v) is 7.84. The third-order valence-corrected chi connectivity index (χ3v) is 2.93. The summed E-state index contributed by atoms with van der Waals surface area (Å²) in [6.45, 7) is 2.28. The van der Waals surface area contributed by atoms with E-state index in [1.807, 2.05) is 0 Å². The van der Waals surface area contributed by atoms with Crippen LogP contribution in [-0.2, 0) is 0 Å².